The van der Waals surface area contributed by atoms with Gasteiger partial charge in [0.15, 0.2) is 0 Å². The lowest BCUT2D eigenvalue weighted by atomic mass is 10.0. The van der Waals surface area contributed by atoms with E-state index in [9.17, 15) is 0 Å². The second kappa shape index (κ2) is 5.38. The zero-order valence-corrected chi connectivity index (χ0v) is 10.4. The molecule has 0 bridgehead atoms. The molecule has 0 amide bonds. The quantitative estimate of drug-likeness (QED) is 0.728. The summed E-state index contributed by atoms with van der Waals surface area (Å²) >= 11 is 0. The fourth-order valence-electron chi connectivity index (χ4n) is 2.34. The molecule has 1 aromatic rings. The summed E-state index contributed by atoms with van der Waals surface area (Å²) in [6, 6.07) is 8.55. The first-order chi connectivity index (χ1) is 7.75. The van der Waals surface area contributed by atoms with Crippen LogP contribution in [0.5, 0.6) is 5.75 Å². The van der Waals surface area contributed by atoms with Crippen LogP contribution in [0.4, 0.5) is 0 Å². The minimum Gasteiger partial charge on any atom is -0.493 e. The summed E-state index contributed by atoms with van der Waals surface area (Å²) in [5.74, 6) is 2.42. The minimum absolute atomic E-state index is 0.601. The van der Waals surface area contributed by atoms with Crippen molar-refractivity contribution in [2.75, 3.05) is 6.61 Å². The molecule has 0 unspecified atom stereocenters. The maximum atomic E-state index is 5.82. The van der Waals surface area contributed by atoms with E-state index in [0.717, 1.165) is 18.3 Å². The molecule has 2 rings (SSSR count). The molecule has 0 spiro atoms. The van der Waals surface area contributed by atoms with Crippen molar-refractivity contribution < 1.29 is 4.74 Å². The molecule has 1 heteroatoms. The Balaban J connectivity index is 1.84. The molecule has 1 saturated carbocycles. The van der Waals surface area contributed by atoms with Crippen LogP contribution in [0.1, 0.15) is 51.0 Å². The lowest BCUT2D eigenvalue weighted by molar-refractivity contribution is 0.252. The average Bonchev–Trinajstić information content (AvgIpc) is 2.80. The molecule has 1 fully saturated rings. The number of hydrogen-bond acceptors (Lipinski definition) is 1. The van der Waals surface area contributed by atoms with Gasteiger partial charge < -0.3 is 4.74 Å². The van der Waals surface area contributed by atoms with E-state index in [1.165, 1.54) is 31.2 Å². The minimum atomic E-state index is 0.601. The molecular formula is C15H22O. The van der Waals surface area contributed by atoms with E-state index in [4.69, 9.17) is 4.74 Å². The van der Waals surface area contributed by atoms with Crippen LogP contribution in [-0.2, 0) is 0 Å². The van der Waals surface area contributed by atoms with Gasteiger partial charge in [-0.1, -0.05) is 38.8 Å². The molecule has 1 nitrogen and oxygen atoms in total. The predicted molar refractivity (Wildman–Crippen MR) is 68.0 cm³/mol. The Morgan fingerprint density at radius 1 is 1.12 bits per heavy atom. The van der Waals surface area contributed by atoms with Crippen LogP contribution >= 0.6 is 0 Å². The van der Waals surface area contributed by atoms with E-state index in [1.54, 1.807) is 0 Å². The van der Waals surface area contributed by atoms with Gasteiger partial charge in [0, 0.05) is 0 Å². The van der Waals surface area contributed by atoms with Gasteiger partial charge in [0.25, 0.3) is 0 Å². The normalized spacial score (nSPS) is 16.9. The van der Waals surface area contributed by atoms with Gasteiger partial charge in [0.05, 0.1) is 6.61 Å². The van der Waals surface area contributed by atoms with Crippen molar-refractivity contribution in [1.82, 2.24) is 0 Å². The average molecular weight is 218 g/mol. The highest BCUT2D eigenvalue weighted by Crippen LogP contribution is 2.26. The molecule has 0 heterocycles. The summed E-state index contributed by atoms with van der Waals surface area (Å²) in [7, 11) is 0. The second-order valence-corrected chi connectivity index (χ2v) is 5.19. The fourth-order valence-corrected chi connectivity index (χ4v) is 2.34. The Labute approximate surface area is 98.8 Å². The van der Waals surface area contributed by atoms with Gasteiger partial charge in [-0.15, -0.1) is 0 Å². The zero-order valence-electron chi connectivity index (χ0n) is 10.4. The summed E-state index contributed by atoms with van der Waals surface area (Å²) < 4.78 is 5.82. The van der Waals surface area contributed by atoms with E-state index in [-0.39, 0.29) is 0 Å². The Morgan fingerprint density at radius 3 is 2.31 bits per heavy atom. The maximum Gasteiger partial charge on any atom is 0.119 e. The molecule has 1 aliphatic carbocycles. The molecule has 1 aromatic carbocycles. The Bertz CT molecular complexity index is 307. The topological polar surface area (TPSA) is 9.23 Å². The van der Waals surface area contributed by atoms with Gasteiger partial charge >= 0.3 is 0 Å². The summed E-state index contributed by atoms with van der Waals surface area (Å²) in [5.41, 5.74) is 1.38. The summed E-state index contributed by atoms with van der Waals surface area (Å²) in [5, 5.41) is 0. The van der Waals surface area contributed by atoms with Crippen molar-refractivity contribution in [3.05, 3.63) is 29.8 Å². The molecule has 0 aliphatic heterocycles. The first-order valence-corrected chi connectivity index (χ1v) is 6.48. The molecular weight excluding hydrogens is 196 g/mol. The summed E-state index contributed by atoms with van der Waals surface area (Å²) in [4.78, 5) is 0. The lowest BCUT2D eigenvalue weighted by Crippen LogP contribution is -2.07. The molecule has 0 N–H and O–H groups in total. The van der Waals surface area contributed by atoms with Crippen LogP contribution in [-0.4, -0.2) is 6.61 Å². The van der Waals surface area contributed by atoms with Gasteiger partial charge in [-0.05, 0) is 42.4 Å². The summed E-state index contributed by atoms with van der Waals surface area (Å²) in [6.45, 7) is 5.34. The van der Waals surface area contributed by atoms with Crippen LogP contribution in [0.25, 0.3) is 0 Å². The zero-order chi connectivity index (χ0) is 11.4. The molecule has 1 aliphatic rings. The van der Waals surface area contributed by atoms with Crippen molar-refractivity contribution in [1.29, 1.82) is 0 Å². The first kappa shape index (κ1) is 11.5. The molecule has 0 atom stereocenters. The number of hydrogen-bond donors (Lipinski definition) is 0. The van der Waals surface area contributed by atoms with Crippen molar-refractivity contribution in [3.8, 4) is 5.75 Å². The Morgan fingerprint density at radius 2 is 1.75 bits per heavy atom. The van der Waals surface area contributed by atoms with Gasteiger partial charge in [0.1, 0.15) is 5.75 Å². The van der Waals surface area contributed by atoms with Crippen LogP contribution in [0.3, 0.4) is 0 Å². The number of benzene rings is 1. The van der Waals surface area contributed by atoms with E-state index >= 15 is 0 Å². The van der Waals surface area contributed by atoms with Crippen molar-refractivity contribution in [2.24, 2.45) is 5.92 Å². The molecule has 0 aromatic heterocycles. The van der Waals surface area contributed by atoms with Crippen molar-refractivity contribution >= 4 is 0 Å². The highest BCUT2D eigenvalue weighted by atomic mass is 16.5. The monoisotopic (exact) mass is 218 g/mol. The maximum absolute atomic E-state index is 5.82. The third kappa shape index (κ3) is 3.01. The van der Waals surface area contributed by atoms with E-state index in [1.807, 2.05) is 0 Å². The van der Waals surface area contributed by atoms with E-state index < -0.39 is 0 Å². The molecule has 16 heavy (non-hydrogen) atoms. The van der Waals surface area contributed by atoms with Crippen molar-refractivity contribution in [3.63, 3.8) is 0 Å². The van der Waals surface area contributed by atoms with Gasteiger partial charge in [-0.25, -0.2) is 0 Å². The van der Waals surface area contributed by atoms with Crippen LogP contribution in [0, 0.1) is 5.92 Å². The lowest BCUT2D eigenvalue weighted by Gasteiger charge is -2.12. The number of rotatable bonds is 4. The molecule has 88 valence electrons. The number of ether oxygens (including phenoxy) is 1. The largest absolute Gasteiger partial charge is 0.493 e. The molecule has 0 radical (unpaired) electrons. The van der Waals surface area contributed by atoms with Crippen LogP contribution in [0.15, 0.2) is 24.3 Å². The first-order valence-electron chi connectivity index (χ1n) is 6.48. The smallest absolute Gasteiger partial charge is 0.119 e. The third-order valence-corrected chi connectivity index (χ3v) is 3.51. The third-order valence-electron chi connectivity index (χ3n) is 3.51. The second-order valence-electron chi connectivity index (χ2n) is 5.19. The predicted octanol–water partition coefficient (Wildman–Crippen LogP) is 4.38. The Kier molecular flexibility index (Phi) is 3.87. The SMILES string of the molecule is CC(C)c1ccc(OCC2CCCC2)cc1. The van der Waals surface area contributed by atoms with E-state index in [0.29, 0.717) is 5.92 Å². The fraction of sp³-hybridized carbons (Fsp3) is 0.600. The highest BCUT2D eigenvalue weighted by molar-refractivity contribution is 5.28. The van der Waals surface area contributed by atoms with Gasteiger partial charge in [-0.3, -0.25) is 0 Å². The van der Waals surface area contributed by atoms with Gasteiger partial charge in [0.2, 0.25) is 0 Å². The van der Waals surface area contributed by atoms with Crippen molar-refractivity contribution in [2.45, 2.75) is 45.4 Å². The molecule has 0 saturated heterocycles. The standard InChI is InChI=1S/C15H22O/c1-12(2)14-7-9-15(10-8-14)16-11-13-5-3-4-6-13/h7-10,12-13H,3-6,11H2,1-2H3. The summed E-state index contributed by atoms with van der Waals surface area (Å²) in [6.07, 6.45) is 5.48. The van der Waals surface area contributed by atoms with Crippen LogP contribution < -0.4 is 4.74 Å². The van der Waals surface area contributed by atoms with Crippen LogP contribution in [0.2, 0.25) is 0 Å². The van der Waals surface area contributed by atoms with E-state index in [2.05, 4.69) is 38.1 Å². The van der Waals surface area contributed by atoms with Gasteiger partial charge in [-0.2, -0.15) is 0 Å². The highest BCUT2D eigenvalue weighted by Gasteiger charge is 2.15. The Hall–Kier alpha value is -0.980.